The monoisotopic (exact) mass is 342 g/mol. The van der Waals surface area contributed by atoms with Crippen molar-refractivity contribution in [2.45, 2.75) is 52.6 Å². The molecule has 0 saturated carbocycles. The van der Waals surface area contributed by atoms with Gasteiger partial charge >= 0.3 is 6.09 Å². The fourth-order valence-corrected chi connectivity index (χ4v) is 3.68. The summed E-state index contributed by atoms with van der Waals surface area (Å²) in [5.74, 6) is 0.789. The molecule has 25 heavy (non-hydrogen) atoms. The standard InChI is InChI=1S/C21H30N2O2/c1-16-8-7-12-22(14-16)13-11-17-15-23(20(24)25-21(2,3)4)19-10-6-5-9-18(17)19/h5-6,9-10,15-16H,7-8,11-14H2,1-4H3. The number of fused-ring (bicyclic) bond motifs is 1. The van der Waals surface area contributed by atoms with Crippen LogP contribution in [-0.2, 0) is 11.2 Å². The van der Waals surface area contributed by atoms with Gasteiger partial charge in [-0.15, -0.1) is 0 Å². The predicted molar refractivity (Wildman–Crippen MR) is 102 cm³/mol. The Balaban J connectivity index is 1.80. The van der Waals surface area contributed by atoms with Crippen molar-refractivity contribution in [2.24, 2.45) is 5.92 Å². The van der Waals surface area contributed by atoms with Gasteiger partial charge in [-0.3, -0.25) is 4.57 Å². The molecule has 136 valence electrons. The van der Waals surface area contributed by atoms with Crippen LogP contribution in [0.1, 0.15) is 46.1 Å². The van der Waals surface area contributed by atoms with Gasteiger partial charge in [0.25, 0.3) is 0 Å². The predicted octanol–water partition coefficient (Wildman–Crippen LogP) is 4.70. The highest BCUT2D eigenvalue weighted by molar-refractivity contribution is 5.92. The molecule has 0 bridgehead atoms. The molecule has 1 aliphatic heterocycles. The fraction of sp³-hybridized carbons (Fsp3) is 0.571. The summed E-state index contributed by atoms with van der Waals surface area (Å²) in [6, 6.07) is 8.10. The van der Waals surface area contributed by atoms with E-state index in [0.29, 0.717) is 0 Å². The Hall–Kier alpha value is -1.81. The number of carbonyl (C=O) groups is 1. The molecule has 1 saturated heterocycles. The van der Waals surface area contributed by atoms with Crippen LogP contribution >= 0.6 is 0 Å². The van der Waals surface area contributed by atoms with Gasteiger partial charge in [-0.25, -0.2) is 4.79 Å². The van der Waals surface area contributed by atoms with Crippen molar-refractivity contribution in [1.29, 1.82) is 0 Å². The van der Waals surface area contributed by atoms with E-state index in [2.05, 4.69) is 17.9 Å². The van der Waals surface area contributed by atoms with Crippen LogP contribution in [0, 0.1) is 5.92 Å². The minimum absolute atomic E-state index is 0.304. The minimum Gasteiger partial charge on any atom is -0.443 e. The molecule has 1 unspecified atom stereocenters. The zero-order valence-corrected chi connectivity index (χ0v) is 15.9. The van der Waals surface area contributed by atoms with Crippen molar-refractivity contribution in [3.8, 4) is 0 Å². The molecule has 1 aromatic carbocycles. The molecule has 1 atom stereocenters. The SMILES string of the molecule is CC1CCCN(CCc2cn(C(=O)OC(C)(C)C)c3ccccc23)C1. The maximum absolute atomic E-state index is 12.6. The van der Waals surface area contributed by atoms with E-state index in [0.717, 1.165) is 29.8 Å². The van der Waals surface area contributed by atoms with E-state index in [1.165, 1.54) is 31.5 Å². The molecule has 1 aromatic heterocycles. The summed E-state index contributed by atoms with van der Waals surface area (Å²) in [5.41, 5.74) is 1.66. The van der Waals surface area contributed by atoms with Crippen molar-refractivity contribution in [1.82, 2.24) is 9.47 Å². The molecule has 1 fully saturated rings. The van der Waals surface area contributed by atoms with E-state index in [4.69, 9.17) is 4.74 Å². The lowest BCUT2D eigenvalue weighted by Crippen LogP contribution is -2.35. The number of para-hydroxylation sites is 1. The lowest BCUT2D eigenvalue weighted by Gasteiger charge is -2.30. The van der Waals surface area contributed by atoms with Crippen LogP contribution in [0.25, 0.3) is 10.9 Å². The Morgan fingerprint density at radius 1 is 1.28 bits per heavy atom. The third-order valence-electron chi connectivity index (χ3n) is 4.82. The highest BCUT2D eigenvalue weighted by Gasteiger charge is 2.21. The molecule has 2 aromatic rings. The van der Waals surface area contributed by atoms with Crippen LogP contribution in [0.5, 0.6) is 0 Å². The first-order valence-corrected chi connectivity index (χ1v) is 9.38. The van der Waals surface area contributed by atoms with Gasteiger partial charge in [0.15, 0.2) is 0 Å². The zero-order chi connectivity index (χ0) is 18.0. The van der Waals surface area contributed by atoms with Crippen molar-refractivity contribution >= 4 is 17.0 Å². The smallest absolute Gasteiger partial charge is 0.419 e. The zero-order valence-electron chi connectivity index (χ0n) is 15.9. The van der Waals surface area contributed by atoms with Gasteiger partial charge in [-0.2, -0.15) is 0 Å². The summed E-state index contributed by atoms with van der Waals surface area (Å²) < 4.78 is 7.23. The van der Waals surface area contributed by atoms with E-state index >= 15 is 0 Å². The molecule has 1 aliphatic rings. The number of carbonyl (C=O) groups excluding carboxylic acids is 1. The largest absolute Gasteiger partial charge is 0.443 e. The number of ether oxygens (including phenoxy) is 1. The number of likely N-dealkylation sites (tertiary alicyclic amines) is 1. The Morgan fingerprint density at radius 3 is 2.76 bits per heavy atom. The van der Waals surface area contributed by atoms with Crippen LogP contribution in [0.3, 0.4) is 0 Å². The Morgan fingerprint density at radius 2 is 2.04 bits per heavy atom. The minimum atomic E-state index is -0.493. The van der Waals surface area contributed by atoms with Gasteiger partial charge in [0, 0.05) is 24.7 Å². The van der Waals surface area contributed by atoms with Crippen LogP contribution in [0.4, 0.5) is 4.79 Å². The van der Waals surface area contributed by atoms with Crippen LogP contribution in [-0.4, -0.2) is 40.8 Å². The number of nitrogens with zero attached hydrogens (tertiary/aromatic N) is 2. The summed E-state index contributed by atoms with van der Waals surface area (Å²) in [7, 11) is 0. The average molecular weight is 342 g/mol. The van der Waals surface area contributed by atoms with E-state index in [1.54, 1.807) is 4.57 Å². The average Bonchev–Trinajstić information content (AvgIpc) is 2.90. The first kappa shape index (κ1) is 18.0. The molecule has 0 N–H and O–H groups in total. The van der Waals surface area contributed by atoms with E-state index in [-0.39, 0.29) is 6.09 Å². The van der Waals surface area contributed by atoms with Crippen LogP contribution in [0.2, 0.25) is 0 Å². The third kappa shape index (κ3) is 4.43. The van der Waals surface area contributed by atoms with Gasteiger partial charge in [0.2, 0.25) is 0 Å². The summed E-state index contributed by atoms with van der Waals surface area (Å²) in [4.78, 5) is 15.1. The summed E-state index contributed by atoms with van der Waals surface area (Å²) in [6.45, 7) is 11.5. The quantitative estimate of drug-likeness (QED) is 0.811. The molecule has 3 rings (SSSR count). The summed E-state index contributed by atoms with van der Waals surface area (Å²) in [5, 5.41) is 1.15. The molecule has 0 amide bonds. The third-order valence-corrected chi connectivity index (χ3v) is 4.82. The number of hydrogen-bond acceptors (Lipinski definition) is 3. The Bertz CT molecular complexity index is 742. The topological polar surface area (TPSA) is 34.5 Å². The highest BCUT2D eigenvalue weighted by atomic mass is 16.6. The second kappa shape index (κ2) is 7.20. The van der Waals surface area contributed by atoms with Crippen molar-refractivity contribution in [3.63, 3.8) is 0 Å². The normalized spacial score (nSPS) is 19.3. The van der Waals surface area contributed by atoms with Crippen molar-refractivity contribution in [2.75, 3.05) is 19.6 Å². The maximum atomic E-state index is 12.6. The molecule has 2 heterocycles. The van der Waals surface area contributed by atoms with Gasteiger partial charge in [0.1, 0.15) is 5.60 Å². The van der Waals surface area contributed by atoms with E-state index in [1.807, 2.05) is 45.2 Å². The van der Waals surface area contributed by atoms with Gasteiger partial charge in [-0.05, 0) is 64.1 Å². The summed E-state index contributed by atoms with van der Waals surface area (Å²) >= 11 is 0. The molecular formula is C21H30N2O2. The molecule has 0 radical (unpaired) electrons. The van der Waals surface area contributed by atoms with Gasteiger partial charge in [-0.1, -0.05) is 25.1 Å². The molecule has 4 nitrogen and oxygen atoms in total. The first-order chi connectivity index (χ1) is 11.8. The van der Waals surface area contributed by atoms with Crippen LogP contribution in [0.15, 0.2) is 30.5 Å². The van der Waals surface area contributed by atoms with Crippen molar-refractivity contribution in [3.05, 3.63) is 36.0 Å². The number of aromatic nitrogens is 1. The molecule has 0 aliphatic carbocycles. The van der Waals surface area contributed by atoms with E-state index in [9.17, 15) is 4.79 Å². The van der Waals surface area contributed by atoms with Gasteiger partial charge < -0.3 is 9.64 Å². The lowest BCUT2D eigenvalue weighted by atomic mass is 10.00. The Labute approximate surface area is 150 Å². The second-order valence-corrected chi connectivity index (χ2v) is 8.32. The molecule has 0 spiro atoms. The van der Waals surface area contributed by atoms with Gasteiger partial charge in [0.05, 0.1) is 5.52 Å². The number of hydrogen-bond donors (Lipinski definition) is 0. The fourth-order valence-electron chi connectivity index (χ4n) is 3.68. The maximum Gasteiger partial charge on any atom is 0.419 e. The number of piperidine rings is 1. The summed E-state index contributed by atoms with van der Waals surface area (Å²) in [6.07, 6.45) is 5.26. The molecule has 4 heteroatoms. The Kier molecular flexibility index (Phi) is 5.19. The second-order valence-electron chi connectivity index (χ2n) is 8.32. The highest BCUT2D eigenvalue weighted by Crippen LogP contribution is 2.24. The lowest BCUT2D eigenvalue weighted by molar-refractivity contribution is 0.0544. The number of benzene rings is 1. The van der Waals surface area contributed by atoms with Crippen molar-refractivity contribution < 1.29 is 9.53 Å². The number of rotatable bonds is 3. The first-order valence-electron chi connectivity index (χ1n) is 9.38. The van der Waals surface area contributed by atoms with Crippen LogP contribution < -0.4 is 0 Å². The van der Waals surface area contributed by atoms with E-state index < -0.39 is 5.60 Å². The molecular weight excluding hydrogens is 312 g/mol.